The molecule has 0 aromatic carbocycles. The Kier molecular flexibility index (Phi) is 1.30. The molecule has 2 heteroatoms. The Bertz CT molecular complexity index is 57.1. The molecule has 0 aromatic rings. The Balaban J connectivity index is 2.06. The van der Waals surface area contributed by atoms with Crippen LogP contribution in [0.15, 0.2) is 0 Å². The highest BCUT2D eigenvalue weighted by Crippen LogP contribution is 2.22. The molecule has 1 rings (SSSR count). The van der Waals surface area contributed by atoms with Crippen LogP contribution in [0.4, 0.5) is 0 Å². The third-order valence-corrected chi connectivity index (χ3v) is 1.41. The number of rotatable bonds is 2. The lowest BCUT2D eigenvalue weighted by Crippen LogP contribution is -2.13. The van der Waals surface area contributed by atoms with Gasteiger partial charge in [0.1, 0.15) is 0 Å². The molecule has 2 nitrogen and oxygen atoms in total. The minimum Gasteiger partial charge on any atom is -0.380 e. The van der Waals surface area contributed by atoms with Crippen molar-refractivity contribution in [3.05, 3.63) is 0 Å². The molecular weight excluding hydrogens is 90.1 g/mol. The smallest absolute Gasteiger partial charge is 0.0740 e. The highest BCUT2D eigenvalue weighted by molar-refractivity contribution is 4.93. The first-order valence-electron chi connectivity index (χ1n) is 2.58. The SMILES string of the molecule is CN[C@H]1C[C@H]1OC. The third-order valence-electron chi connectivity index (χ3n) is 1.41. The quantitative estimate of drug-likeness (QED) is 0.528. The average Bonchev–Trinajstić information content (AvgIpc) is 2.43. The Morgan fingerprint density at radius 2 is 2.43 bits per heavy atom. The van der Waals surface area contributed by atoms with Crippen molar-refractivity contribution in [1.82, 2.24) is 5.32 Å². The van der Waals surface area contributed by atoms with Crippen LogP contribution >= 0.6 is 0 Å². The van der Waals surface area contributed by atoms with Gasteiger partial charge in [0.15, 0.2) is 0 Å². The van der Waals surface area contributed by atoms with E-state index in [1.54, 1.807) is 7.11 Å². The summed E-state index contributed by atoms with van der Waals surface area (Å²) in [5.41, 5.74) is 0. The second-order valence-corrected chi connectivity index (χ2v) is 1.91. The molecule has 1 saturated carbocycles. The normalized spacial score (nSPS) is 38.6. The van der Waals surface area contributed by atoms with E-state index in [-0.39, 0.29) is 0 Å². The summed E-state index contributed by atoms with van der Waals surface area (Å²) in [6, 6.07) is 0.644. The molecule has 0 spiro atoms. The maximum absolute atomic E-state index is 5.00. The first-order chi connectivity index (χ1) is 3.38. The van der Waals surface area contributed by atoms with Crippen LogP contribution in [-0.4, -0.2) is 26.3 Å². The van der Waals surface area contributed by atoms with Gasteiger partial charge < -0.3 is 10.1 Å². The summed E-state index contributed by atoms with van der Waals surface area (Å²) >= 11 is 0. The monoisotopic (exact) mass is 101 g/mol. The number of hydrogen-bond acceptors (Lipinski definition) is 2. The predicted molar refractivity (Wildman–Crippen MR) is 28.3 cm³/mol. The standard InChI is InChI=1S/C5H11NO/c1-6-4-3-5(4)7-2/h4-6H,3H2,1-2H3/t4-,5+/m0/s1. The molecule has 0 aliphatic heterocycles. The summed E-state index contributed by atoms with van der Waals surface area (Å²) in [6.45, 7) is 0. The zero-order valence-electron chi connectivity index (χ0n) is 4.77. The van der Waals surface area contributed by atoms with Gasteiger partial charge in [-0.05, 0) is 13.5 Å². The van der Waals surface area contributed by atoms with Gasteiger partial charge in [0.2, 0.25) is 0 Å². The molecule has 1 N–H and O–H groups in total. The molecular formula is C5H11NO. The van der Waals surface area contributed by atoms with Gasteiger partial charge in [0.05, 0.1) is 6.10 Å². The second kappa shape index (κ2) is 1.80. The zero-order chi connectivity index (χ0) is 5.28. The first-order valence-corrected chi connectivity index (χ1v) is 2.58. The molecule has 42 valence electrons. The van der Waals surface area contributed by atoms with E-state index in [1.807, 2.05) is 7.05 Å². The van der Waals surface area contributed by atoms with Crippen LogP contribution in [0, 0.1) is 0 Å². The van der Waals surface area contributed by atoms with Gasteiger partial charge >= 0.3 is 0 Å². The van der Waals surface area contributed by atoms with E-state index in [9.17, 15) is 0 Å². The van der Waals surface area contributed by atoms with Crippen LogP contribution in [0.3, 0.4) is 0 Å². The fourth-order valence-corrected chi connectivity index (χ4v) is 0.736. The molecule has 1 fully saturated rings. The molecule has 7 heavy (non-hydrogen) atoms. The summed E-state index contributed by atoms with van der Waals surface area (Å²) in [4.78, 5) is 0. The van der Waals surface area contributed by atoms with Crippen molar-refractivity contribution in [2.24, 2.45) is 0 Å². The average molecular weight is 101 g/mol. The molecule has 0 radical (unpaired) electrons. The zero-order valence-corrected chi connectivity index (χ0v) is 4.77. The Labute approximate surface area is 43.9 Å². The lowest BCUT2D eigenvalue weighted by Gasteiger charge is -1.91. The molecule has 0 saturated heterocycles. The van der Waals surface area contributed by atoms with Crippen molar-refractivity contribution in [3.8, 4) is 0 Å². The molecule has 1 aliphatic carbocycles. The molecule has 0 unspecified atom stereocenters. The topological polar surface area (TPSA) is 21.3 Å². The van der Waals surface area contributed by atoms with Gasteiger partial charge in [-0.15, -0.1) is 0 Å². The van der Waals surface area contributed by atoms with E-state index in [2.05, 4.69) is 5.32 Å². The molecule has 0 aromatic heterocycles. The van der Waals surface area contributed by atoms with E-state index in [1.165, 1.54) is 6.42 Å². The minimum atomic E-state index is 0.505. The van der Waals surface area contributed by atoms with Crippen molar-refractivity contribution in [3.63, 3.8) is 0 Å². The fourth-order valence-electron chi connectivity index (χ4n) is 0.736. The lowest BCUT2D eigenvalue weighted by molar-refractivity contribution is 0.175. The van der Waals surface area contributed by atoms with Gasteiger partial charge in [0, 0.05) is 13.2 Å². The van der Waals surface area contributed by atoms with Crippen LogP contribution in [-0.2, 0) is 4.74 Å². The molecule has 0 bridgehead atoms. The van der Waals surface area contributed by atoms with Gasteiger partial charge in [-0.2, -0.15) is 0 Å². The maximum atomic E-state index is 5.00. The number of ether oxygens (including phenoxy) is 1. The van der Waals surface area contributed by atoms with E-state index in [4.69, 9.17) is 4.74 Å². The van der Waals surface area contributed by atoms with Crippen LogP contribution in [0.1, 0.15) is 6.42 Å². The van der Waals surface area contributed by atoms with E-state index < -0.39 is 0 Å². The number of nitrogens with one attached hydrogen (secondary N) is 1. The van der Waals surface area contributed by atoms with E-state index >= 15 is 0 Å². The first kappa shape index (κ1) is 5.06. The summed E-state index contributed by atoms with van der Waals surface area (Å²) in [7, 11) is 3.71. The highest BCUT2D eigenvalue weighted by Gasteiger charge is 2.35. The van der Waals surface area contributed by atoms with Crippen molar-refractivity contribution < 1.29 is 4.74 Å². The van der Waals surface area contributed by atoms with Gasteiger partial charge in [0.25, 0.3) is 0 Å². The van der Waals surface area contributed by atoms with E-state index in [0.29, 0.717) is 12.1 Å². The van der Waals surface area contributed by atoms with Crippen LogP contribution in [0.2, 0.25) is 0 Å². The van der Waals surface area contributed by atoms with E-state index in [0.717, 1.165) is 0 Å². The number of methoxy groups -OCH3 is 1. The Morgan fingerprint density at radius 3 is 2.57 bits per heavy atom. The van der Waals surface area contributed by atoms with Crippen LogP contribution in [0.5, 0.6) is 0 Å². The fraction of sp³-hybridized carbons (Fsp3) is 1.00. The number of likely N-dealkylation sites (N-methyl/N-ethyl adjacent to an activating group) is 1. The largest absolute Gasteiger partial charge is 0.380 e. The maximum Gasteiger partial charge on any atom is 0.0740 e. The molecule has 1 aliphatic rings. The van der Waals surface area contributed by atoms with Crippen LogP contribution < -0.4 is 5.32 Å². The highest BCUT2D eigenvalue weighted by atomic mass is 16.5. The second-order valence-electron chi connectivity index (χ2n) is 1.91. The van der Waals surface area contributed by atoms with Crippen molar-refractivity contribution in [2.75, 3.05) is 14.2 Å². The lowest BCUT2D eigenvalue weighted by atomic mass is 10.7. The molecule has 2 atom stereocenters. The van der Waals surface area contributed by atoms with Gasteiger partial charge in [-0.25, -0.2) is 0 Å². The number of hydrogen-bond donors (Lipinski definition) is 1. The summed E-state index contributed by atoms with van der Waals surface area (Å²) in [5, 5.41) is 3.11. The predicted octanol–water partition coefficient (Wildman–Crippen LogP) is -0.00690. The van der Waals surface area contributed by atoms with Crippen molar-refractivity contribution >= 4 is 0 Å². The summed E-state index contributed by atoms with van der Waals surface area (Å²) in [5.74, 6) is 0. The Morgan fingerprint density at radius 1 is 1.71 bits per heavy atom. The van der Waals surface area contributed by atoms with Gasteiger partial charge in [-0.1, -0.05) is 0 Å². The Hall–Kier alpha value is -0.0800. The molecule has 0 amide bonds. The van der Waals surface area contributed by atoms with Gasteiger partial charge in [-0.3, -0.25) is 0 Å². The minimum absolute atomic E-state index is 0.505. The summed E-state index contributed by atoms with van der Waals surface area (Å²) in [6.07, 6.45) is 1.69. The van der Waals surface area contributed by atoms with Crippen LogP contribution in [0.25, 0.3) is 0 Å². The van der Waals surface area contributed by atoms with Crippen molar-refractivity contribution in [2.45, 2.75) is 18.6 Å². The summed E-state index contributed by atoms with van der Waals surface area (Å²) < 4.78 is 5.00. The molecule has 0 heterocycles. The third kappa shape index (κ3) is 0.924. The van der Waals surface area contributed by atoms with Crippen molar-refractivity contribution in [1.29, 1.82) is 0 Å².